The Kier molecular flexibility index (Phi) is 12.1. The van der Waals surface area contributed by atoms with Gasteiger partial charge in [-0.15, -0.1) is 0 Å². The number of hydrogen-bond acceptors (Lipinski definition) is 11. The van der Waals surface area contributed by atoms with E-state index in [4.69, 9.17) is 14.5 Å². The molecule has 1 aromatic carbocycles. The SMILES string of the molecule is Brc1cnn2cc(-c3ccc(OCCN4CCCCC4)nc3)cnc12.c1ccc2c(-c3cnn4cc(-c5ccc(OCCN6CCCCC6)nc5)cnc34)ccnc2c1. The number of nitrogens with zero attached hydrogens (tertiary/aromatic N) is 11. The molecule has 2 aliphatic heterocycles. The molecule has 0 unspecified atom stereocenters. The molecule has 13 nitrogen and oxygen atoms in total. The van der Waals surface area contributed by atoms with Crippen molar-refractivity contribution in [3.8, 4) is 45.1 Å². The van der Waals surface area contributed by atoms with Crippen molar-refractivity contribution in [1.82, 2.24) is 53.9 Å². The van der Waals surface area contributed by atoms with Crippen molar-refractivity contribution in [3.63, 3.8) is 0 Å². The third kappa shape index (κ3) is 9.25. The van der Waals surface area contributed by atoms with Crippen molar-refractivity contribution < 1.29 is 9.47 Å². The average Bonchev–Trinajstić information content (AvgIpc) is 3.90. The van der Waals surface area contributed by atoms with Crippen LogP contribution in [0.25, 0.3) is 55.6 Å². The van der Waals surface area contributed by atoms with Crippen molar-refractivity contribution in [2.75, 3.05) is 52.5 Å². The van der Waals surface area contributed by atoms with Crippen LogP contribution in [0.5, 0.6) is 11.8 Å². The van der Waals surface area contributed by atoms with E-state index in [0.717, 1.165) is 73.1 Å². The molecule has 9 heterocycles. The highest BCUT2D eigenvalue weighted by molar-refractivity contribution is 9.10. The van der Waals surface area contributed by atoms with E-state index < -0.39 is 0 Å². The molecule has 0 aliphatic carbocycles. The van der Waals surface area contributed by atoms with Gasteiger partial charge in [-0.3, -0.25) is 14.8 Å². The van der Waals surface area contributed by atoms with Gasteiger partial charge in [-0.05, 0) is 97.6 Å². The number of halogens is 1. The molecule has 0 saturated carbocycles. The Bertz CT molecular complexity index is 2610. The molecule has 0 spiro atoms. The largest absolute Gasteiger partial charge is 0.476 e. The molecule has 7 aromatic heterocycles. The Balaban J connectivity index is 0.000000160. The Morgan fingerprint density at radius 2 is 1.07 bits per heavy atom. The molecular weight excluding hydrogens is 806 g/mol. The molecular formula is C45H46BrN11O2. The van der Waals surface area contributed by atoms with Gasteiger partial charge in [0.05, 0.1) is 22.4 Å². The fourth-order valence-corrected chi connectivity index (χ4v) is 8.11. The highest BCUT2D eigenvalue weighted by Crippen LogP contribution is 2.31. The normalized spacial score (nSPS) is 15.0. The van der Waals surface area contributed by atoms with E-state index in [-0.39, 0.29) is 0 Å². The molecule has 14 heteroatoms. The number of hydrogen-bond donors (Lipinski definition) is 0. The maximum Gasteiger partial charge on any atom is 0.213 e. The number of aromatic nitrogens is 9. The van der Waals surface area contributed by atoms with E-state index in [1.807, 2.05) is 103 Å². The number of benzene rings is 1. The van der Waals surface area contributed by atoms with Crippen LogP contribution in [-0.4, -0.2) is 106 Å². The van der Waals surface area contributed by atoms with Crippen LogP contribution in [0.4, 0.5) is 0 Å². The van der Waals surface area contributed by atoms with Crippen LogP contribution >= 0.6 is 15.9 Å². The minimum absolute atomic E-state index is 0.653. The smallest absolute Gasteiger partial charge is 0.213 e. The monoisotopic (exact) mass is 851 g/mol. The lowest BCUT2D eigenvalue weighted by molar-refractivity contribution is 0.180. The average molecular weight is 853 g/mol. The molecule has 8 aromatic rings. The van der Waals surface area contributed by atoms with Crippen molar-refractivity contribution >= 4 is 38.1 Å². The molecule has 300 valence electrons. The number of fused-ring (bicyclic) bond motifs is 3. The maximum atomic E-state index is 5.87. The van der Waals surface area contributed by atoms with E-state index in [1.165, 1.54) is 64.7 Å². The number of para-hydroxylation sites is 1. The third-order valence-electron chi connectivity index (χ3n) is 11.0. The summed E-state index contributed by atoms with van der Waals surface area (Å²) in [6, 6.07) is 18.0. The highest BCUT2D eigenvalue weighted by Gasteiger charge is 2.14. The lowest BCUT2D eigenvalue weighted by Gasteiger charge is -2.26. The van der Waals surface area contributed by atoms with Gasteiger partial charge in [0.1, 0.15) is 13.2 Å². The molecule has 2 saturated heterocycles. The second-order valence-corrected chi connectivity index (χ2v) is 15.8. The molecule has 10 rings (SSSR count). The summed E-state index contributed by atoms with van der Waals surface area (Å²) in [6.07, 6.45) is 24.6. The Morgan fingerprint density at radius 3 is 1.68 bits per heavy atom. The van der Waals surface area contributed by atoms with Crippen LogP contribution in [0.1, 0.15) is 38.5 Å². The quantitative estimate of drug-likeness (QED) is 0.125. The summed E-state index contributed by atoms with van der Waals surface area (Å²) in [5.74, 6) is 1.32. The van der Waals surface area contributed by atoms with E-state index in [1.54, 1.807) is 10.7 Å². The Labute approximate surface area is 351 Å². The Morgan fingerprint density at radius 1 is 0.508 bits per heavy atom. The van der Waals surface area contributed by atoms with Crippen molar-refractivity contribution in [2.45, 2.75) is 38.5 Å². The number of piperidine rings is 2. The summed E-state index contributed by atoms with van der Waals surface area (Å²) in [5.41, 5.74) is 8.52. The minimum atomic E-state index is 0.653. The number of likely N-dealkylation sites (tertiary alicyclic amines) is 2. The summed E-state index contributed by atoms with van der Waals surface area (Å²) < 4.78 is 16.1. The number of ether oxygens (including phenoxy) is 2. The van der Waals surface area contributed by atoms with Crippen LogP contribution in [0.15, 0.2) is 115 Å². The van der Waals surface area contributed by atoms with Crippen LogP contribution in [0.3, 0.4) is 0 Å². The first kappa shape index (κ1) is 38.7. The summed E-state index contributed by atoms with van der Waals surface area (Å²) in [6.45, 7) is 8.01. The summed E-state index contributed by atoms with van der Waals surface area (Å²) in [4.78, 5) is 27.5. The lowest BCUT2D eigenvalue weighted by Crippen LogP contribution is -2.33. The van der Waals surface area contributed by atoms with Crippen LogP contribution in [-0.2, 0) is 0 Å². The molecule has 0 radical (unpaired) electrons. The lowest BCUT2D eigenvalue weighted by atomic mass is 10.0. The van der Waals surface area contributed by atoms with Gasteiger partial charge in [-0.25, -0.2) is 29.0 Å². The molecule has 2 fully saturated rings. The minimum Gasteiger partial charge on any atom is -0.476 e. The van der Waals surface area contributed by atoms with E-state index >= 15 is 0 Å². The van der Waals surface area contributed by atoms with Crippen molar-refractivity contribution in [2.24, 2.45) is 0 Å². The van der Waals surface area contributed by atoms with Crippen molar-refractivity contribution in [1.29, 1.82) is 0 Å². The molecule has 0 bridgehead atoms. The maximum absolute atomic E-state index is 5.87. The molecule has 0 N–H and O–H groups in total. The number of pyridine rings is 3. The first-order chi connectivity index (χ1) is 29.1. The fourth-order valence-electron chi connectivity index (χ4n) is 7.74. The third-order valence-corrected chi connectivity index (χ3v) is 11.5. The molecule has 2 aliphatic rings. The van der Waals surface area contributed by atoms with Crippen LogP contribution in [0, 0.1) is 0 Å². The van der Waals surface area contributed by atoms with Gasteiger partial charge in [-0.1, -0.05) is 31.0 Å². The zero-order valence-corrected chi connectivity index (χ0v) is 34.5. The van der Waals surface area contributed by atoms with Gasteiger partial charge in [0.2, 0.25) is 11.8 Å². The zero-order chi connectivity index (χ0) is 39.8. The first-order valence-corrected chi connectivity index (χ1v) is 21.2. The van der Waals surface area contributed by atoms with Gasteiger partial charge in [-0.2, -0.15) is 10.2 Å². The molecule has 59 heavy (non-hydrogen) atoms. The Hall–Kier alpha value is -5.83. The topological polar surface area (TPSA) is 124 Å². The molecule has 0 atom stereocenters. The van der Waals surface area contributed by atoms with Crippen LogP contribution < -0.4 is 9.47 Å². The standard InChI is InChI=1S/C27H26N6O.C18H20BrN5O/c1-4-12-32(13-5-1)14-15-34-26-9-8-20(16-29-26)21-17-30-27-24(18-31-33(27)19-21)22-10-11-28-25-7-3-2-6-23(22)25;19-16-12-22-24-13-15(11-21-18(16)24)14-4-5-17(20-10-14)25-9-8-23-6-2-1-3-7-23/h2-3,6-11,16-19H,1,4-5,12-15H2;4-5,10-13H,1-3,6-9H2. The molecule has 0 amide bonds. The van der Waals surface area contributed by atoms with E-state index in [2.05, 4.69) is 61.9 Å². The van der Waals surface area contributed by atoms with Gasteiger partial charge in [0.25, 0.3) is 0 Å². The highest BCUT2D eigenvalue weighted by atomic mass is 79.9. The van der Waals surface area contributed by atoms with Gasteiger partial charge < -0.3 is 9.47 Å². The van der Waals surface area contributed by atoms with Gasteiger partial charge in [0, 0.05) is 102 Å². The van der Waals surface area contributed by atoms with Gasteiger partial charge >= 0.3 is 0 Å². The zero-order valence-electron chi connectivity index (χ0n) is 32.9. The summed E-state index contributed by atoms with van der Waals surface area (Å²) in [5, 5.41) is 9.93. The summed E-state index contributed by atoms with van der Waals surface area (Å²) >= 11 is 3.43. The van der Waals surface area contributed by atoms with E-state index in [0.29, 0.717) is 25.0 Å². The first-order valence-electron chi connectivity index (χ1n) is 20.4. The van der Waals surface area contributed by atoms with E-state index in [9.17, 15) is 0 Å². The second-order valence-electron chi connectivity index (χ2n) is 14.9. The fraction of sp³-hybridized carbons (Fsp3) is 0.311. The van der Waals surface area contributed by atoms with Crippen LogP contribution in [0.2, 0.25) is 0 Å². The predicted molar refractivity (Wildman–Crippen MR) is 232 cm³/mol. The summed E-state index contributed by atoms with van der Waals surface area (Å²) in [7, 11) is 0. The predicted octanol–water partition coefficient (Wildman–Crippen LogP) is 8.29. The van der Waals surface area contributed by atoms with Gasteiger partial charge in [0.15, 0.2) is 11.3 Å². The second kappa shape index (κ2) is 18.4. The number of rotatable bonds is 11. The van der Waals surface area contributed by atoms with Crippen molar-refractivity contribution in [3.05, 3.63) is 115 Å².